The lowest BCUT2D eigenvalue weighted by atomic mass is 9.94. The summed E-state index contributed by atoms with van der Waals surface area (Å²) in [5, 5.41) is 3.26. The first kappa shape index (κ1) is 14.8. The second kappa shape index (κ2) is 7.27. The molecule has 0 amide bonds. The molecular weight excluding hydrogens is 229 g/mol. The van der Waals surface area contributed by atoms with Crippen LogP contribution in [0.2, 0.25) is 0 Å². The lowest BCUT2D eigenvalue weighted by Gasteiger charge is -2.16. The van der Waals surface area contributed by atoms with Crippen LogP contribution in [0.25, 0.3) is 0 Å². The molecule has 1 rings (SSSR count). The van der Waals surface area contributed by atoms with Gasteiger partial charge in [-0.1, -0.05) is 26.0 Å². The first-order valence-electron chi connectivity index (χ1n) is 6.44. The quantitative estimate of drug-likeness (QED) is 0.806. The van der Waals surface area contributed by atoms with Gasteiger partial charge in [0.2, 0.25) is 0 Å². The van der Waals surface area contributed by atoms with E-state index in [1.165, 1.54) is 12.1 Å². The van der Waals surface area contributed by atoms with Gasteiger partial charge in [0.05, 0.1) is 0 Å². The normalized spacial score (nSPS) is 12.7. The number of halogens is 1. The summed E-state index contributed by atoms with van der Waals surface area (Å²) < 4.78 is 12.7. The molecule has 0 spiro atoms. The predicted molar refractivity (Wildman–Crippen MR) is 71.7 cm³/mol. The van der Waals surface area contributed by atoms with Crippen molar-refractivity contribution in [2.45, 2.75) is 33.7 Å². The summed E-state index contributed by atoms with van der Waals surface area (Å²) in [6.07, 6.45) is 0.908. The highest BCUT2D eigenvalue weighted by atomic mass is 19.1. The maximum Gasteiger partial charge on any atom is 0.134 e. The molecule has 1 unspecified atom stereocenters. The highest BCUT2D eigenvalue weighted by Gasteiger charge is 2.15. The zero-order valence-corrected chi connectivity index (χ0v) is 11.4. The molecule has 0 saturated heterocycles. The van der Waals surface area contributed by atoms with Gasteiger partial charge in [-0.25, -0.2) is 4.39 Å². The maximum atomic E-state index is 12.7. The molecule has 0 aliphatic heterocycles. The van der Waals surface area contributed by atoms with Crippen molar-refractivity contribution in [3.63, 3.8) is 0 Å². The molecule has 0 bridgehead atoms. The molecule has 0 radical (unpaired) electrons. The van der Waals surface area contributed by atoms with Crippen molar-refractivity contribution < 1.29 is 9.18 Å². The minimum atomic E-state index is -0.222. The Kier molecular flexibility index (Phi) is 5.99. The summed E-state index contributed by atoms with van der Waals surface area (Å²) in [6, 6.07) is 6.42. The second-order valence-electron chi connectivity index (χ2n) is 5.19. The summed E-state index contributed by atoms with van der Waals surface area (Å²) in [5.41, 5.74) is 1.03. The number of carbonyl (C=O) groups excluding carboxylic acids is 1. The number of carbonyl (C=O) groups is 1. The van der Waals surface area contributed by atoms with Gasteiger partial charge in [0, 0.05) is 19.0 Å². The standard InChI is InChI=1S/C15H22FNO/c1-11(2)8-14(12(3)18)10-17-9-13-4-6-15(16)7-5-13/h4-7,11,14,17H,8-10H2,1-3H3. The van der Waals surface area contributed by atoms with Crippen LogP contribution in [0.3, 0.4) is 0 Å². The third-order valence-corrected chi connectivity index (χ3v) is 2.96. The number of Topliss-reactive ketones (excluding diaryl/α,β-unsaturated/α-hetero) is 1. The monoisotopic (exact) mass is 251 g/mol. The molecule has 3 heteroatoms. The number of rotatable bonds is 7. The van der Waals surface area contributed by atoms with E-state index >= 15 is 0 Å². The van der Waals surface area contributed by atoms with E-state index in [4.69, 9.17) is 0 Å². The van der Waals surface area contributed by atoms with Crippen molar-refractivity contribution in [3.05, 3.63) is 35.6 Å². The Morgan fingerprint density at radius 1 is 1.28 bits per heavy atom. The van der Waals surface area contributed by atoms with Crippen LogP contribution in [-0.2, 0) is 11.3 Å². The molecule has 1 aromatic rings. The third kappa shape index (κ3) is 5.41. The molecule has 0 aliphatic rings. The van der Waals surface area contributed by atoms with Crippen molar-refractivity contribution >= 4 is 5.78 Å². The third-order valence-electron chi connectivity index (χ3n) is 2.96. The number of benzene rings is 1. The molecule has 0 aliphatic carbocycles. The molecule has 1 N–H and O–H groups in total. The smallest absolute Gasteiger partial charge is 0.134 e. The fourth-order valence-electron chi connectivity index (χ4n) is 1.96. The Balaban J connectivity index is 2.38. The van der Waals surface area contributed by atoms with Gasteiger partial charge in [0.1, 0.15) is 11.6 Å². The van der Waals surface area contributed by atoms with Crippen molar-refractivity contribution in [1.82, 2.24) is 5.32 Å². The largest absolute Gasteiger partial charge is 0.312 e. The summed E-state index contributed by atoms with van der Waals surface area (Å²) in [7, 11) is 0. The van der Waals surface area contributed by atoms with Crippen molar-refractivity contribution in [2.75, 3.05) is 6.54 Å². The van der Waals surface area contributed by atoms with Gasteiger partial charge in [0.25, 0.3) is 0 Å². The van der Waals surface area contributed by atoms with Crippen LogP contribution in [0.5, 0.6) is 0 Å². The average Bonchev–Trinajstić information content (AvgIpc) is 2.29. The van der Waals surface area contributed by atoms with Crippen LogP contribution in [0.1, 0.15) is 32.8 Å². The van der Waals surface area contributed by atoms with Gasteiger partial charge in [-0.05, 0) is 37.0 Å². The predicted octanol–water partition coefficient (Wildman–Crippen LogP) is 3.17. The molecule has 0 fully saturated rings. The maximum absolute atomic E-state index is 12.7. The number of ketones is 1. The molecule has 0 aromatic heterocycles. The van der Waals surface area contributed by atoms with Crippen molar-refractivity contribution in [3.8, 4) is 0 Å². The van der Waals surface area contributed by atoms with E-state index in [1.54, 1.807) is 19.1 Å². The molecule has 2 nitrogen and oxygen atoms in total. The van der Waals surface area contributed by atoms with Crippen LogP contribution in [-0.4, -0.2) is 12.3 Å². The Morgan fingerprint density at radius 2 is 1.89 bits per heavy atom. The number of nitrogens with one attached hydrogen (secondary N) is 1. The molecule has 0 heterocycles. The van der Waals surface area contributed by atoms with E-state index in [1.807, 2.05) is 0 Å². The summed E-state index contributed by atoms with van der Waals surface area (Å²) >= 11 is 0. The average molecular weight is 251 g/mol. The minimum absolute atomic E-state index is 0.0745. The van der Waals surface area contributed by atoms with Gasteiger partial charge in [0.15, 0.2) is 0 Å². The van der Waals surface area contributed by atoms with Crippen molar-refractivity contribution in [2.24, 2.45) is 11.8 Å². The zero-order valence-electron chi connectivity index (χ0n) is 11.4. The topological polar surface area (TPSA) is 29.1 Å². The van der Waals surface area contributed by atoms with Crippen LogP contribution >= 0.6 is 0 Å². The first-order valence-corrected chi connectivity index (χ1v) is 6.44. The van der Waals surface area contributed by atoms with Crippen molar-refractivity contribution in [1.29, 1.82) is 0 Å². The number of hydrogen-bond acceptors (Lipinski definition) is 2. The van der Waals surface area contributed by atoms with Gasteiger partial charge in [-0.3, -0.25) is 4.79 Å². The number of hydrogen-bond donors (Lipinski definition) is 1. The molecule has 18 heavy (non-hydrogen) atoms. The van der Waals surface area contributed by atoms with Crippen LogP contribution in [0.4, 0.5) is 4.39 Å². The SMILES string of the molecule is CC(=O)C(CNCc1ccc(F)cc1)CC(C)C. The van der Waals surface area contributed by atoms with E-state index in [2.05, 4.69) is 19.2 Å². The van der Waals surface area contributed by atoms with E-state index in [0.29, 0.717) is 19.0 Å². The van der Waals surface area contributed by atoms with Gasteiger partial charge < -0.3 is 5.32 Å². The van der Waals surface area contributed by atoms with E-state index in [0.717, 1.165) is 12.0 Å². The Morgan fingerprint density at radius 3 is 2.39 bits per heavy atom. The van der Waals surface area contributed by atoms with Gasteiger partial charge in [-0.15, -0.1) is 0 Å². The van der Waals surface area contributed by atoms with E-state index in [-0.39, 0.29) is 17.5 Å². The second-order valence-corrected chi connectivity index (χ2v) is 5.19. The lowest BCUT2D eigenvalue weighted by Crippen LogP contribution is -2.28. The molecule has 1 atom stereocenters. The van der Waals surface area contributed by atoms with Crippen LogP contribution < -0.4 is 5.32 Å². The highest BCUT2D eigenvalue weighted by molar-refractivity contribution is 5.78. The Bertz CT molecular complexity index is 373. The van der Waals surface area contributed by atoms with Gasteiger partial charge >= 0.3 is 0 Å². The highest BCUT2D eigenvalue weighted by Crippen LogP contribution is 2.12. The minimum Gasteiger partial charge on any atom is -0.312 e. The summed E-state index contributed by atoms with van der Waals surface area (Å²) in [6.45, 7) is 7.24. The summed E-state index contributed by atoms with van der Waals surface area (Å²) in [4.78, 5) is 11.5. The first-order chi connectivity index (χ1) is 8.49. The molecule has 1 aromatic carbocycles. The zero-order chi connectivity index (χ0) is 13.5. The van der Waals surface area contributed by atoms with Gasteiger partial charge in [-0.2, -0.15) is 0 Å². The fourth-order valence-corrected chi connectivity index (χ4v) is 1.96. The Hall–Kier alpha value is -1.22. The Labute approximate surface area is 109 Å². The lowest BCUT2D eigenvalue weighted by molar-refractivity contribution is -0.121. The van der Waals surface area contributed by atoms with E-state index in [9.17, 15) is 9.18 Å². The molecular formula is C15H22FNO. The fraction of sp³-hybridized carbons (Fsp3) is 0.533. The molecule has 0 saturated carbocycles. The van der Waals surface area contributed by atoms with E-state index < -0.39 is 0 Å². The van der Waals surface area contributed by atoms with Crippen LogP contribution in [0, 0.1) is 17.7 Å². The van der Waals surface area contributed by atoms with Crippen LogP contribution in [0.15, 0.2) is 24.3 Å². The molecule has 100 valence electrons. The summed E-state index contributed by atoms with van der Waals surface area (Å²) in [5.74, 6) is 0.604.